The van der Waals surface area contributed by atoms with Gasteiger partial charge < -0.3 is 34.4 Å². The Bertz CT molecular complexity index is 1590. The predicted molar refractivity (Wildman–Crippen MR) is 177 cm³/mol. The first-order valence-electron chi connectivity index (χ1n) is 16.6. The normalized spacial score (nSPS) is 31.9. The van der Waals surface area contributed by atoms with Gasteiger partial charge in [0, 0.05) is 18.7 Å². The fourth-order valence-corrected chi connectivity index (χ4v) is 7.62. The molecule has 11 heteroatoms. The number of ether oxygens (including phenoxy) is 3. The number of nitrogens with one attached hydrogen (secondary N) is 1. The van der Waals surface area contributed by atoms with Crippen LogP contribution in [0.2, 0.25) is 0 Å². The van der Waals surface area contributed by atoms with Crippen LogP contribution >= 0.6 is 0 Å². The van der Waals surface area contributed by atoms with Crippen molar-refractivity contribution in [3.63, 3.8) is 0 Å². The highest BCUT2D eigenvalue weighted by Crippen LogP contribution is 2.54. The lowest BCUT2D eigenvalue weighted by molar-refractivity contribution is -0.162. The number of rotatable bonds is 6. The Hall–Kier alpha value is -4.48. The van der Waals surface area contributed by atoms with Gasteiger partial charge in [-0.05, 0) is 49.1 Å². The Morgan fingerprint density at radius 2 is 1.75 bits per heavy atom. The molecule has 0 radical (unpaired) electrons. The Balaban J connectivity index is 1.46. The number of carbonyl (C=O) groups is 4. The second-order valence-corrected chi connectivity index (χ2v) is 13.2. The fraction of sp³-hybridized carbons (Fsp3) is 0.459. The molecule has 1 spiro atoms. The van der Waals surface area contributed by atoms with Crippen LogP contribution in [0.15, 0.2) is 78.9 Å². The number of likely N-dealkylation sites (tertiary alicyclic amines) is 1. The van der Waals surface area contributed by atoms with Crippen LogP contribution in [0.4, 0.5) is 5.69 Å². The minimum absolute atomic E-state index is 0.186. The lowest BCUT2D eigenvalue weighted by Crippen LogP contribution is -2.59. The van der Waals surface area contributed by atoms with Gasteiger partial charge in [-0.15, -0.1) is 0 Å². The number of methoxy groups -OCH3 is 1. The van der Waals surface area contributed by atoms with E-state index in [4.69, 9.17) is 14.2 Å². The minimum Gasteiger partial charge on any atom is -0.497 e. The molecule has 11 nitrogen and oxygen atoms in total. The largest absolute Gasteiger partial charge is 0.497 e. The number of carbonyl (C=O) groups excluding carboxylic acids is 4. The van der Waals surface area contributed by atoms with Crippen molar-refractivity contribution in [1.82, 2.24) is 10.2 Å². The summed E-state index contributed by atoms with van der Waals surface area (Å²) in [5, 5.41) is 13.6. The molecule has 0 aromatic heterocycles. The lowest BCUT2D eigenvalue weighted by Gasteiger charge is -2.39. The van der Waals surface area contributed by atoms with Crippen molar-refractivity contribution in [2.75, 3.05) is 25.2 Å². The van der Waals surface area contributed by atoms with Crippen molar-refractivity contribution in [2.45, 2.75) is 69.5 Å². The van der Waals surface area contributed by atoms with Gasteiger partial charge in [0.05, 0.1) is 37.8 Å². The van der Waals surface area contributed by atoms with Crippen LogP contribution in [0.5, 0.6) is 5.75 Å². The van der Waals surface area contributed by atoms with Gasteiger partial charge in [0.1, 0.15) is 29.4 Å². The van der Waals surface area contributed by atoms with E-state index < -0.39 is 59.6 Å². The smallest absolute Gasteiger partial charge is 0.313 e. The van der Waals surface area contributed by atoms with E-state index in [1.807, 2.05) is 44.2 Å². The van der Waals surface area contributed by atoms with E-state index in [1.165, 1.54) is 4.90 Å². The minimum atomic E-state index is -1.53. The monoisotopic (exact) mass is 657 g/mol. The van der Waals surface area contributed by atoms with E-state index in [1.54, 1.807) is 67.5 Å². The fourth-order valence-electron chi connectivity index (χ4n) is 7.62. The highest BCUT2D eigenvalue weighted by Gasteiger charge is 2.72. The van der Waals surface area contributed by atoms with E-state index in [0.717, 1.165) is 0 Å². The summed E-state index contributed by atoms with van der Waals surface area (Å²) in [6, 6.07) is 13.8. The van der Waals surface area contributed by atoms with Gasteiger partial charge >= 0.3 is 5.97 Å². The maximum absolute atomic E-state index is 14.8. The standard InChI is InChI=1S/C37H43N3O8/c1-22(2)27(21-41)40-33-35(44)39(25-15-17-26(46-4)18-16-25)20-10-19-37(33)31(34(40)43)30-28(48-37)13-8-9-14-29(42)38-23(3)32(47-36(30)45)24-11-6-5-7-12-24/h5-8,10-13,15-19,22-23,27-28,30-33,41H,9,14,20-21H2,1-4H3,(H,38,42)/b13-8-/t23-,27-,28-,30+,31+,32+,33-,37+/m0/s1. The first-order chi connectivity index (χ1) is 23.1. The third-order valence-electron chi connectivity index (χ3n) is 9.98. The van der Waals surface area contributed by atoms with Crippen molar-refractivity contribution < 1.29 is 38.5 Å². The molecular formula is C37H43N3O8. The number of fused-ring (bicyclic) bond motifs is 2. The first kappa shape index (κ1) is 33.4. The van der Waals surface area contributed by atoms with Gasteiger partial charge in [-0.1, -0.05) is 68.5 Å². The van der Waals surface area contributed by atoms with Crippen LogP contribution < -0.4 is 15.0 Å². The molecule has 2 fully saturated rings. The third-order valence-corrected chi connectivity index (χ3v) is 9.98. The number of cyclic esters (lactones) is 1. The predicted octanol–water partition coefficient (Wildman–Crippen LogP) is 3.33. The van der Waals surface area contributed by atoms with Gasteiger partial charge in [-0.2, -0.15) is 0 Å². The number of hydrogen-bond donors (Lipinski definition) is 2. The van der Waals surface area contributed by atoms with Gasteiger partial charge in [-0.25, -0.2) is 0 Å². The molecular weight excluding hydrogens is 614 g/mol. The summed E-state index contributed by atoms with van der Waals surface area (Å²) >= 11 is 0. The Morgan fingerprint density at radius 1 is 1.02 bits per heavy atom. The van der Waals surface area contributed by atoms with Crippen molar-refractivity contribution >= 4 is 29.4 Å². The number of allylic oxidation sites excluding steroid dienone is 1. The van der Waals surface area contributed by atoms with Gasteiger partial charge in [0.25, 0.3) is 5.91 Å². The molecule has 48 heavy (non-hydrogen) atoms. The summed E-state index contributed by atoms with van der Waals surface area (Å²) < 4.78 is 18.4. The Labute approximate surface area is 280 Å². The molecule has 6 rings (SSSR count). The number of aliphatic hydroxyl groups is 1. The highest BCUT2D eigenvalue weighted by molar-refractivity contribution is 6.05. The average molecular weight is 658 g/mol. The summed E-state index contributed by atoms with van der Waals surface area (Å²) in [6.45, 7) is 5.36. The molecule has 4 aliphatic heterocycles. The van der Waals surface area contributed by atoms with E-state index in [2.05, 4.69) is 5.32 Å². The highest BCUT2D eigenvalue weighted by atomic mass is 16.6. The number of aliphatic hydroxyl groups excluding tert-OH is 1. The van der Waals surface area contributed by atoms with Crippen LogP contribution in [0.25, 0.3) is 0 Å². The average Bonchev–Trinajstić information content (AvgIpc) is 3.46. The molecule has 2 aromatic carbocycles. The number of amides is 3. The Morgan fingerprint density at radius 3 is 2.42 bits per heavy atom. The summed E-state index contributed by atoms with van der Waals surface area (Å²) in [7, 11) is 1.56. The summed E-state index contributed by atoms with van der Waals surface area (Å²) in [6.07, 6.45) is 5.87. The number of benzene rings is 2. The van der Waals surface area contributed by atoms with Crippen molar-refractivity contribution in [3.05, 3.63) is 84.5 Å². The third kappa shape index (κ3) is 5.79. The van der Waals surface area contributed by atoms with Crippen molar-refractivity contribution in [1.29, 1.82) is 0 Å². The molecule has 254 valence electrons. The lowest BCUT2D eigenvalue weighted by atomic mass is 9.77. The van der Waals surface area contributed by atoms with Crippen molar-refractivity contribution in [3.8, 4) is 5.75 Å². The number of anilines is 1. The van der Waals surface area contributed by atoms with Crippen molar-refractivity contribution in [2.24, 2.45) is 17.8 Å². The van der Waals surface area contributed by atoms with E-state index in [9.17, 15) is 24.3 Å². The second-order valence-electron chi connectivity index (χ2n) is 13.2. The van der Waals surface area contributed by atoms with E-state index in [-0.39, 0.29) is 37.3 Å². The summed E-state index contributed by atoms with van der Waals surface area (Å²) in [4.78, 5) is 59.9. The summed E-state index contributed by atoms with van der Waals surface area (Å²) in [5.74, 6) is -3.50. The molecule has 3 amide bonds. The van der Waals surface area contributed by atoms with Gasteiger partial charge in [-0.3, -0.25) is 19.2 Å². The van der Waals surface area contributed by atoms with Crippen LogP contribution in [0.1, 0.15) is 45.3 Å². The second kappa shape index (κ2) is 13.6. The SMILES string of the molecule is COc1ccc(N2CC=C[C@@]34O[C@H]5/C=C\CCC(=O)N[C@@H](C)[C@H](c6ccccc6)OC(=O)[C@H]5[C@@H]3C(=O)N([C@@H](CO)C(C)C)[C@H]4C2=O)cc1. The maximum Gasteiger partial charge on any atom is 0.313 e. The first-order valence-corrected chi connectivity index (χ1v) is 16.6. The molecule has 2 N–H and O–H groups in total. The molecule has 0 bridgehead atoms. The molecule has 0 aliphatic carbocycles. The maximum atomic E-state index is 14.8. The van der Waals surface area contributed by atoms with E-state index >= 15 is 0 Å². The quantitative estimate of drug-likeness (QED) is 0.357. The molecule has 2 aromatic rings. The Kier molecular flexibility index (Phi) is 9.44. The summed E-state index contributed by atoms with van der Waals surface area (Å²) in [5.41, 5.74) is -0.240. The zero-order valence-electron chi connectivity index (χ0n) is 27.7. The molecule has 0 unspecified atom stereocenters. The molecule has 4 heterocycles. The van der Waals surface area contributed by atoms with Crippen LogP contribution in [-0.4, -0.2) is 83.8 Å². The molecule has 4 aliphatic rings. The zero-order chi connectivity index (χ0) is 34.2. The molecule has 8 atom stereocenters. The van der Waals surface area contributed by atoms with Crippen LogP contribution in [0, 0.1) is 17.8 Å². The number of hydrogen-bond acceptors (Lipinski definition) is 8. The van der Waals surface area contributed by atoms with E-state index in [0.29, 0.717) is 23.4 Å². The van der Waals surface area contributed by atoms with Gasteiger partial charge in [0.2, 0.25) is 11.8 Å². The topological polar surface area (TPSA) is 135 Å². The van der Waals surface area contributed by atoms with Crippen LogP contribution in [-0.2, 0) is 28.7 Å². The number of nitrogens with zero attached hydrogens (tertiary/aromatic N) is 2. The molecule has 2 saturated heterocycles. The van der Waals surface area contributed by atoms with Crippen LogP contribution in [0.3, 0.4) is 0 Å². The van der Waals surface area contributed by atoms with Gasteiger partial charge in [0.15, 0.2) is 0 Å². The molecule has 0 saturated carbocycles. The zero-order valence-corrected chi connectivity index (χ0v) is 27.7. The number of esters is 1.